The molecule has 0 radical (unpaired) electrons. The number of nitrogens with one attached hydrogen (secondary N) is 1. The first-order valence-electron chi connectivity index (χ1n) is 6.40. The Morgan fingerprint density at radius 2 is 2.17 bits per heavy atom. The molecule has 1 aromatic rings. The van der Waals surface area contributed by atoms with E-state index in [1.807, 2.05) is 0 Å². The lowest BCUT2D eigenvalue weighted by Crippen LogP contribution is -2.28. The van der Waals surface area contributed by atoms with Crippen molar-refractivity contribution in [2.75, 3.05) is 0 Å². The summed E-state index contributed by atoms with van der Waals surface area (Å²) in [6.45, 7) is 4.65. The van der Waals surface area contributed by atoms with E-state index in [-0.39, 0.29) is 5.82 Å². The van der Waals surface area contributed by atoms with Gasteiger partial charge in [0.15, 0.2) is 0 Å². The number of amides is 1. The highest BCUT2D eigenvalue weighted by Gasteiger charge is 2.09. The van der Waals surface area contributed by atoms with Gasteiger partial charge in [-0.25, -0.2) is 4.39 Å². The van der Waals surface area contributed by atoms with Crippen LogP contribution in [-0.4, -0.2) is 11.9 Å². The fourth-order valence-corrected chi connectivity index (χ4v) is 1.92. The molecule has 1 atom stereocenters. The van der Waals surface area contributed by atoms with E-state index in [0.29, 0.717) is 23.7 Å². The maximum Gasteiger partial charge on any atom is 0.248 e. The molecule has 0 aromatic heterocycles. The van der Waals surface area contributed by atoms with Gasteiger partial charge in [0.1, 0.15) is 5.82 Å². The van der Waals surface area contributed by atoms with Gasteiger partial charge < -0.3 is 11.1 Å². The smallest absolute Gasteiger partial charge is 0.248 e. The van der Waals surface area contributed by atoms with Crippen LogP contribution in [-0.2, 0) is 6.54 Å². The average molecular weight is 252 g/mol. The van der Waals surface area contributed by atoms with Crippen molar-refractivity contribution < 1.29 is 9.18 Å². The molecule has 0 saturated heterocycles. The van der Waals surface area contributed by atoms with E-state index in [0.717, 1.165) is 19.3 Å². The summed E-state index contributed by atoms with van der Waals surface area (Å²) < 4.78 is 13.6. The minimum Gasteiger partial charge on any atom is -0.366 e. The summed E-state index contributed by atoms with van der Waals surface area (Å²) in [7, 11) is 0. The maximum atomic E-state index is 13.6. The quantitative estimate of drug-likeness (QED) is 0.783. The molecule has 100 valence electrons. The lowest BCUT2D eigenvalue weighted by Gasteiger charge is -2.16. The number of hydrogen-bond acceptors (Lipinski definition) is 2. The molecule has 0 aliphatic heterocycles. The van der Waals surface area contributed by atoms with Crippen LogP contribution in [0, 0.1) is 5.82 Å². The molecule has 0 aliphatic carbocycles. The van der Waals surface area contributed by atoms with Crippen LogP contribution < -0.4 is 11.1 Å². The molecule has 4 heteroatoms. The number of rotatable bonds is 7. The summed E-state index contributed by atoms with van der Waals surface area (Å²) in [4.78, 5) is 11.0. The highest BCUT2D eigenvalue weighted by Crippen LogP contribution is 2.11. The number of hydrogen-bond donors (Lipinski definition) is 2. The molecule has 0 bridgehead atoms. The Bertz CT molecular complexity index is 407. The van der Waals surface area contributed by atoms with E-state index < -0.39 is 5.91 Å². The predicted molar refractivity (Wildman–Crippen MR) is 70.7 cm³/mol. The van der Waals surface area contributed by atoms with Gasteiger partial charge in [0.25, 0.3) is 0 Å². The maximum absolute atomic E-state index is 13.6. The van der Waals surface area contributed by atoms with Crippen molar-refractivity contribution in [3.05, 3.63) is 35.1 Å². The lowest BCUT2D eigenvalue weighted by molar-refractivity contribution is 0.1000. The van der Waals surface area contributed by atoms with Gasteiger partial charge in [-0.3, -0.25) is 4.79 Å². The Balaban J connectivity index is 2.71. The van der Waals surface area contributed by atoms with Gasteiger partial charge in [-0.2, -0.15) is 0 Å². The van der Waals surface area contributed by atoms with E-state index in [2.05, 4.69) is 19.2 Å². The first-order valence-corrected chi connectivity index (χ1v) is 6.40. The minimum atomic E-state index is -0.531. The predicted octanol–water partition coefficient (Wildman–Crippen LogP) is 2.59. The van der Waals surface area contributed by atoms with Crippen LogP contribution in [0.2, 0.25) is 0 Å². The fourth-order valence-electron chi connectivity index (χ4n) is 1.92. The van der Waals surface area contributed by atoms with Gasteiger partial charge in [0.2, 0.25) is 5.91 Å². The van der Waals surface area contributed by atoms with Gasteiger partial charge in [-0.05, 0) is 31.0 Å². The molecule has 0 spiro atoms. The SMILES string of the molecule is CCCC(CC)NCc1cc(C(N)=O)ccc1F. The molecule has 3 N–H and O–H groups in total. The van der Waals surface area contributed by atoms with Crippen LogP contribution in [0.3, 0.4) is 0 Å². The van der Waals surface area contributed by atoms with Crippen LogP contribution in [0.4, 0.5) is 4.39 Å². The fraction of sp³-hybridized carbons (Fsp3) is 0.500. The second-order valence-electron chi connectivity index (χ2n) is 4.45. The zero-order valence-electron chi connectivity index (χ0n) is 11.0. The van der Waals surface area contributed by atoms with Gasteiger partial charge in [0.05, 0.1) is 0 Å². The van der Waals surface area contributed by atoms with Crippen molar-refractivity contribution in [3.8, 4) is 0 Å². The molecular weight excluding hydrogens is 231 g/mol. The molecule has 1 unspecified atom stereocenters. The van der Waals surface area contributed by atoms with Crippen LogP contribution in [0.5, 0.6) is 0 Å². The van der Waals surface area contributed by atoms with E-state index >= 15 is 0 Å². The second kappa shape index (κ2) is 7.11. The van der Waals surface area contributed by atoms with Gasteiger partial charge >= 0.3 is 0 Å². The normalized spacial score (nSPS) is 12.4. The summed E-state index contributed by atoms with van der Waals surface area (Å²) in [6.07, 6.45) is 3.16. The van der Waals surface area contributed by atoms with Crippen LogP contribution in [0.1, 0.15) is 49.0 Å². The summed E-state index contributed by atoms with van der Waals surface area (Å²) in [6, 6.07) is 4.60. The van der Waals surface area contributed by atoms with E-state index in [1.165, 1.54) is 18.2 Å². The molecule has 3 nitrogen and oxygen atoms in total. The Labute approximate surface area is 108 Å². The van der Waals surface area contributed by atoms with Gasteiger partial charge in [-0.1, -0.05) is 20.3 Å². The number of halogens is 1. The molecule has 0 saturated carbocycles. The minimum absolute atomic E-state index is 0.307. The van der Waals surface area contributed by atoms with Gasteiger partial charge in [-0.15, -0.1) is 0 Å². The third-order valence-electron chi connectivity index (χ3n) is 3.04. The lowest BCUT2D eigenvalue weighted by atomic mass is 10.1. The summed E-state index contributed by atoms with van der Waals surface area (Å²) >= 11 is 0. The highest BCUT2D eigenvalue weighted by molar-refractivity contribution is 5.92. The van der Waals surface area contributed by atoms with Crippen LogP contribution in [0.25, 0.3) is 0 Å². The van der Waals surface area contributed by atoms with Crippen molar-refractivity contribution in [1.82, 2.24) is 5.32 Å². The largest absolute Gasteiger partial charge is 0.366 e. The molecule has 0 heterocycles. The number of carbonyl (C=O) groups excluding carboxylic acids is 1. The van der Waals surface area contributed by atoms with Crippen LogP contribution >= 0.6 is 0 Å². The Hall–Kier alpha value is -1.42. The van der Waals surface area contributed by atoms with Crippen molar-refractivity contribution in [3.63, 3.8) is 0 Å². The molecule has 18 heavy (non-hydrogen) atoms. The van der Waals surface area contributed by atoms with Crippen molar-refractivity contribution in [1.29, 1.82) is 0 Å². The molecular formula is C14H21FN2O. The average Bonchev–Trinajstić information content (AvgIpc) is 2.35. The van der Waals surface area contributed by atoms with Crippen molar-refractivity contribution in [2.45, 2.75) is 45.7 Å². The zero-order chi connectivity index (χ0) is 13.5. The second-order valence-corrected chi connectivity index (χ2v) is 4.45. The topological polar surface area (TPSA) is 55.1 Å². The Morgan fingerprint density at radius 3 is 2.72 bits per heavy atom. The molecule has 1 amide bonds. The highest BCUT2D eigenvalue weighted by atomic mass is 19.1. The summed E-state index contributed by atoms with van der Waals surface area (Å²) in [5, 5.41) is 3.30. The summed E-state index contributed by atoms with van der Waals surface area (Å²) in [5.74, 6) is -0.837. The number of nitrogens with two attached hydrogens (primary N) is 1. The third kappa shape index (κ3) is 4.11. The third-order valence-corrected chi connectivity index (χ3v) is 3.04. The zero-order valence-corrected chi connectivity index (χ0v) is 11.0. The van der Waals surface area contributed by atoms with Crippen molar-refractivity contribution in [2.24, 2.45) is 5.73 Å². The molecule has 0 aliphatic rings. The van der Waals surface area contributed by atoms with E-state index in [9.17, 15) is 9.18 Å². The molecule has 1 aromatic carbocycles. The summed E-state index contributed by atoms with van der Waals surface area (Å²) in [5.41, 5.74) is 6.01. The first-order chi connectivity index (χ1) is 8.58. The first kappa shape index (κ1) is 14.6. The van der Waals surface area contributed by atoms with Gasteiger partial charge in [0, 0.05) is 23.7 Å². The number of benzene rings is 1. The number of carbonyl (C=O) groups is 1. The molecule has 1 rings (SSSR count). The van der Waals surface area contributed by atoms with E-state index in [1.54, 1.807) is 0 Å². The van der Waals surface area contributed by atoms with Crippen LogP contribution in [0.15, 0.2) is 18.2 Å². The standard InChI is InChI=1S/C14H21FN2O/c1-3-5-12(4-2)17-9-11-8-10(14(16)18)6-7-13(11)15/h6-8,12,17H,3-5,9H2,1-2H3,(H2,16,18). The number of primary amides is 1. The Morgan fingerprint density at radius 1 is 1.44 bits per heavy atom. The van der Waals surface area contributed by atoms with E-state index in [4.69, 9.17) is 5.73 Å². The monoisotopic (exact) mass is 252 g/mol. The molecule has 0 fully saturated rings. The van der Waals surface area contributed by atoms with Crippen molar-refractivity contribution >= 4 is 5.91 Å². The Kier molecular flexibility index (Phi) is 5.78.